The molecule has 24 heavy (non-hydrogen) atoms. The van der Waals surface area contributed by atoms with Gasteiger partial charge in [0.15, 0.2) is 0 Å². The van der Waals surface area contributed by atoms with Gasteiger partial charge >= 0.3 is 0 Å². The summed E-state index contributed by atoms with van der Waals surface area (Å²) in [7, 11) is 0. The Balaban J connectivity index is 1.96. The van der Waals surface area contributed by atoms with E-state index in [9.17, 15) is 14.7 Å². The molecular formula is C18H27N3O3. The normalized spacial score (nSPS) is 17.4. The molecule has 6 nitrogen and oxygen atoms in total. The summed E-state index contributed by atoms with van der Waals surface area (Å²) < 4.78 is 0. The van der Waals surface area contributed by atoms with Crippen molar-refractivity contribution in [3.8, 4) is 0 Å². The van der Waals surface area contributed by atoms with Crippen LogP contribution in [0.4, 0.5) is 5.69 Å². The minimum atomic E-state index is -0.452. The number of hydrogen-bond donors (Lipinski definition) is 3. The van der Waals surface area contributed by atoms with Crippen molar-refractivity contribution >= 4 is 17.5 Å². The highest BCUT2D eigenvalue weighted by Crippen LogP contribution is 2.20. The fraction of sp³-hybridized carbons (Fsp3) is 0.556. The number of benzene rings is 1. The van der Waals surface area contributed by atoms with Crippen LogP contribution in [0.1, 0.15) is 43.0 Å². The summed E-state index contributed by atoms with van der Waals surface area (Å²) in [6.07, 6.45) is 3.08. The largest absolute Gasteiger partial charge is 0.391 e. The van der Waals surface area contributed by atoms with E-state index in [-0.39, 0.29) is 18.4 Å². The fourth-order valence-electron chi connectivity index (χ4n) is 2.78. The lowest BCUT2D eigenvalue weighted by Gasteiger charge is -2.30. The number of β-amino-alcohol motifs (C(OH)–C–C–N with tert-alkyl or cyclic N) is 1. The summed E-state index contributed by atoms with van der Waals surface area (Å²) in [4.78, 5) is 26.2. The van der Waals surface area contributed by atoms with E-state index in [1.807, 2.05) is 6.07 Å². The number of carbonyl (C=O) groups excluding carboxylic acids is 2. The number of carbonyl (C=O) groups is 2. The van der Waals surface area contributed by atoms with Crippen molar-refractivity contribution in [2.24, 2.45) is 0 Å². The van der Waals surface area contributed by atoms with Crippen molar-refractivity contribution in [3.05, 3.63) is 29.8 Å². The Morgan fingerprint density at radius 1 is 1.33 bits per heavy atom. The molecule has 132 valence electrons. The highest BCUT2D eigenvalue weighted by molar-refractivity contribution is 6.00. The predicted octanol–water partition coefficient (Wildman–Crippen LogP) is 1.61. The summed E-state index contributed by atoms with van der Waals surface area (Å²) >= 11 is 0. The molecule has 0 unspecified atom stereocenters. The standard InChI is InChI=1S/C18H27N3O3/c1-2-3-10-19-17(23)12-20-16-9-5-4-8-15(16)18(24)21-11-6-7-14(22)13-21/h4-5,8-9,14,20,22H,2-3,6-7,10-13H2,1H3,(H,19,23)/t14-/m1/s1. The number of aliphatic hydroxyl groups is 1. The minimum Gasteiger partial charge on any atom is -0.391 e. The topological polar surface area (TPSA) is 81.7 Å². The Morgan fingerprint density at radius 3 is 2.88 bits per heavy atom. The summed E-state index contributed by atoms with van der Waals surface area (Å²) in [5, 5.41) is 15.7. The zero-order chi connectivity index (χ0) is 17.4. The highest BCUT2D eigenvalue weighted by atomic mass is 16.3. The SMILES string of the molecule is CCCCNC(=O)CNc1ccccc1C(=O)N1CCC[C@@H](O)C1. The van der Waals surface area contributed by atoms with Gasteiger partial charge in [0.1, 0.15) is 0 Å². The van der Waals surface area contributed by atoms with E-state index in [0.717, 1.165) is 25.7 Å². The second-order valence-corrected chi connectivity index (χ2v) is 6.15. The average molecular weight is 333 g/mol. The van der Waals surface area contributed by atoms with Gasteiger partial charge in [-0.15, -0.1) is 0 Å². The number of hydrogen-bond acceptors (Lipinski definition) is 4. The molecule has 1 aromatic rings. The maximum atomic E-state index is 12.7. The van der Waals surface area contributed by atoms with Gasteiger partial charge < -0.3 is 20.6 Å². The van der Waals surface area contributed by atoms with Gasteiger partial charge in [-0.1, -0.05) is 25.5 Å². The second-order valence-electron chi connectivity index (χ2n) is 6.15. The number of para-hydroxylation sites is 1. The first-order valence-corrected chi connectivity index (χ1v) is 8.68. The lowest BCUT2D eigenvalue weighted by atomic mass is 10.1. The van der Waals surface area contributed by atoms with E-state index in [2.05, 4.69) is 17.6 Å². The molecule has 1 aliphatic heterocycles. The maximum Gasteiger partial charge on any atom is 0.256 e. The Labute approximate surface area is 143 Å². The van der Waals surface area contributed by atoms with Crippen LogP contribution in [0.2, 0.25) is 0 Å². The first kappa shape index (κ1) is 18.3. The number of nitrogens with zero attached hydrogens (tertiary/aromatic N) is 1. The zero-order valence-corrected chi connectivity index (χ0v) is 14.3. The van der Waals surface area contributed by atoms with Crippen molar-refractivity contribution in [2.45, 2.75) is 38.7 Å². The quantitative estimate of drug-likeness (QED) is 0.662. The Morgan fingerprint density at radius 2 is 2.12 bits per heavy atom. The monoisotopic (exact) mass is 333 g/mol. The first-order valence-electron chi connectivity index (χ1n) is 8.68. The van der Waals surface area contributed by atoms with E-state index >= 15 is 0 Å². The number of nitrogens with one attached hydrogen (secondary N) is 2. The zero-order valence-electron chi connectivity index (χ0n) is 14.3. The van der Waals surface area contributed by atoms with Gasteiger partial charge in [-0.25, -0.2) is 0 Å². The van der Waals surface area contributed by atoms with Crippen LogP contribution in [0.25, 0.3) is 0 Å². The van der Waals surface area contributed by atoms with Gasteiger partial charge in [0, 0.05) is 25.3 Å². The molecule has 1 fully saturated rings. The maximum absolute atomic E-state index is 12.7. The molecule has 1 heterocycles. The van der Waals surface area contributed by atoms with E-state index in [1.165, 1.54) is 0 Å². The Hall–Kier alpha value is -2.08. The van der Waals surface area contributed by atoms with Crippen LogP contribution in [0.3, 0.4) is 0 Å². The van der Waals surface area contributed by atoms with Gasteiger partial charge in [-0.05, 0) is 31.4 Å². The minimum absolute atomic E-state index is 0.0842. The number of rotatable bonds is 7. The highest BCUT2D eigenvalue weighted by Gasteiger charge is 2.24. The molecule has 3 N–H and O–H groups in total. The molecule has 0 aromatic heterocycles. The van der Waals surface area contributed by atoms with E-state index in [1.54, 1.807) is 23.1 Å². The number of anilines is 1. The summed E-state index contributed by atoms with van der Waals surface area (Å²) in [6, 6.07) is 7.19. The van der Waals surface area contributed by atoms with Crippen LogP contribution in [0.15, 0.2) is 24.3 Å². The van der Waals surface area contributed by atoms with Crippen molar-refractivity contribution in [1.82, 2.24) is 10.2 Å². The van der Waals surface area contributed by atoms with Gasteiger partial charge in [0.2, 0.25) is 5.91 Å². The molecule has 0 spiro atoms. The fourth-order valence-corrected chi connectivity index (χ4v) is 2.78. The molecule has 0 aliphatic carbocycles. The smallest absolute Gasteiger partial charge is 0.256 e. The van der Waals surface area contributed by atoms with Crippen LogP contribution in [-0.4, -0.2) is 54.1 Å². The first-order chi connectivity index (χ1) is 11.6. The molecule has 0 radical (unpaired) electrons. The van der Waals surface area contributed by atoms with E-state index < -0.39 is 6.10 Å². The second kappa shape index (κ2) is 9.27. The number of unbranched alkanes of at least 4 members (excludes halogenated alkanes) is 1. The van der Waals surface area contributed by atoms with Gasteiger partial charge in [-0.2, -0.15) is 0 Å². The molecule has 1 aliphatic rings. The van der Waals surface area contributed by atoms with Crippen LogP contribution in [0.5, 0.6) is 0 Å². The summed E-state index contributed by atoms with van der Waals surface area (Å²) in [5.74, 6) is -0.192. The van der Waals surface area contributed by atoms with Crippen LogP contribution >= 0.6 is 0 Å². The Bertz CT molecular complexity index is 562. The lowest BCUT2D eigenvalue weighted by Crippen LogP contribution is -2.42. The molecule has 6 heteroatoms. The van der Waals surface area contributed by atoms with E-state index in [4.69, 9.17) is 0 Å². The average Bonchev–Trinajstić information content (AvgIpc) is 2.60. The molecule has 0 bridgehead atoms. The molecule has 0 saturated carbocycles. The van der Waals surface area contributed by atoms with Crippen molar-refractivity contribution < 1.29 is 14.7 Å². The van der Waals surface area contributed by atoms with Crippen molar-refractivity contribution in [2.75, 3.05) is 31.5 Å². The molecule has 1 saturated heterocycles. The summed E-state index contributed by atoms with van der Waals surface area (Å²) in [6.45, 7) is 3.90. The van der Waals surface area contributed by atoms with E-state index in [0.29, 0.717) is 30.9 Å². The third-order valence-electron chi connectivity index (χ3n) is 4.13. The molecule has 1 atom stereocenters. The number of amides is 2. The lowest BCUT2D eigenvalue weighted by molar-refractivity contribution is -0.119. The summed E-state index contributed by atoms with van der Waals surface area (Å²) in [5.41, 5.74) is 1.18. The number of likely N-dealkylation sites (tertiary alicyclic amines) is 1. The third-order valence-corrected chi connectivity index (χ3v) is 4.13. The third kappa shape index (κ3) is 5.23. The number of aliphatic hydroxyl groups excluding tert-OH is 1. The molecular weight excluding hydrogens is 306 g/mol. The van der Waals surface area contributed by atoms with Crippen molar-refractivity contribution in [1.29, 1.82) is 0 Å². The Kier molecular flexibility index (Phi) is 7.06. The molecule has 1 aromatic carbocycles. The van der Waals surface area contributed by atoms with Crippen molar-refractivity contribution in [3.63, 3.8) is 0 Å². The van der Waals surface area contributed by atoms with Gasteiger partial charge in [0.05, 0.1) is 18.2 Å². The predicted molar refractivity (Wildman–Crippen MR) is 94.0 cm³/mol. The molecule has 2 rings (SSSR count). The van der Waals surface area contributed by atoms with Crippen LogP contribution in [0, 0.1) is 0 Å². The van der Waals surface area contributed by atoms with Gasteiger partial charge in [-0.3, -0.25) is 9.59 Å². The molecule has 2 amide bonds. The van der Waals surface area contributed by atoms with Crippen LogP contribution in [-0.2, 0) is 4.79 Å². The van der Waals surface area contributed by atoms with Crippen LogP contribution < -0.4 is 10.6 Å². The number of piperidine rings is 1. The van der Waals surface area contributed by atoms with Gasteiger partial charge in [0.25, 0.3) is 5.91 Å².